The molecule has 0 saturated carbocycles. The molecular formula is C25H30O2. The first kappa shape index (κ1) is 19.4. The van der Waals surface area contributed by atoms with Crippen molar-refractivity contribution in [2.45, 2.75) is 52.4 Å². The van der Waals surface area contributed by atoms with Crippen LogP contribution in [0.1, 0.15) is 63.5 Å². The maximum atomic E-state index is 12.3. The van der Waals surface area contributed by atoms with Crippen molar-refractivity contribution in [2.24, 2.45) is 5.92 Å². The maximum absolute atomic E-state index is 12.3. The highest BCUT2D eigenvalue weighted by Crippen LogP contribution is 2.44. The standard InChI is InChI=1S/C25H30O2/c1-18(2)9-8-10-19(3)15-16-25(26)27-17-24-22-13-6-4-11-20(22)21-12-5-7-14-23(21)24/h4-7,9,11-14,19,24H,8,10,15-17H2,1-3H3/t19-/m1/s1. The van der Waals surface area contributed by atoms with E-state index >= 15 is 0 Å². The van der Waals surface area contributed by atoms with E-state index in [1.54, 1.807) is 0 Å². The first-order valence-corrected chi connectivity index (χ1v) is 10.0. The molecule has 1 atom stereocenters. The summed E-state index contributed by atoms with van der Waals surface area (Å²) in [4.78, 5) is 12.3. The van der Waals surface area contributed by atoms with Crippen LogP contribution in [-0.2, 0) is 9.53 Å². The van der Waals surface area contributed by atoms with Gasteiger partial charge in [-0.15, -0.1) is 0 Å². The predicted octanol–water partition coefficient (Wildman–Crippen LogP) is 6.50. The van der Waals surface area contributed by atoms with E-state index in [-0.39, 0.29) is 11.9 Å². The van der Waals surface area contributed by atoms with Crippen molar-refractivity contribution >= 4 is 5.97 Å². The number of benzene rings is 2. The van der Waals surface area contributed by atoms with E-state index in [0.29, 0.717) is 18.9 Å². The third kappa shape index (κ3) is 4.88. The Morgan fingerprint density at radius 3 is 2.19 bits per heavy atom. The van der Waals surface area contributed by atoms with Gasteiger partial charge in [-0.2, -0.15) is 0 Å². The minimum Gasteiger partial charge on any atom is -0.465 e. The van der Waals surface area contributed by atoms with Crippen LogP contribution in [0.3, 0.4) is 0 Å². The van der Waals surface area contributed by atoms with Gasteiger partial charge in [-0.05, 0) is 61.3 Å². The van der Waals surface area contributed by atoms with Crippen LogP contribution in [0.5, 0.6) is 0 Å². The number of hydrogen-bond donors (Lipinski definition) is 0. The quantitative estimate of drug-likeness (QED) is 0.395. The second-order valence-corrected chi connectivity index (χ2v) is 7.91. The summed E-state index contributed by atoms with van der Waals surface area (Å²) in [6.07, 6.45) is 5.89. The van der Waals surface area contributed by atoms with E-state index in [9.17, 15) is 4.79 Å². The summed E-state index contributed by atoms with van der Waals surface area (Å²) in [5.41, 5.74) is 6.42. The van der Waals surface area contributed by atoms with Gasteiger partial charge in [0.2, 0.25) is 0 Å². The average Bonchev–Trinajstić information content (AvgIpc) is 2.98. The molecule has 0 amide bonds. The zero-order valence-corrected chi connectivity index (χ0v) is 16.7. The van der Waals surface area contributed by atoms with Crippen molar-refractivity contribution < 1.29 is 9.53 Å². The molecule has 0 aliphatic heterocycles. The molecule has 0 fully saturated rings. The van der Waals surface area contributed by atoms with Crippen molar-refractivity contribution in [3.63, 3.8) is 0 Å². The van der Waals surface area contributed by atoms with Gasteiger partial charge in [0, 0.05) is 12.3 Å². The van der Waals surface area contributed by atoms with Crippen molar-refractivity contribution in [1.29, 1.82) is 0 Å². The molecule has 142 valence electrons. The molecule has 1 aliphatic rings. The monoisotopic (exact) mass is 362 g/mol. The van der Waals surface area contributed by atoms with Crippen molar-refractivity contribution in [3.05, 3.63) is 71.3 Å². The van der Waals surface area contributed by atoms with E-state index in [4.69, 9.17) is 4.74 Å². The zero-order valence-electron chi connectivity index (χ0n) is 16.7. The summed E-state index contributed by atoms with van der Waals surface area (Å²) in [6.45, 7) is 6.90. The van der Waals surface area contributed by atoms with E-state index in [1.165, 1.54) is 27.8 Å². The Hall–Kier alpha value is -2.35. The number of fused-ring (bicyclic) bond motifs is 3. The summed E-state index contributed by atoms with van der Waals surface area (Å²) in [5, 5.41) is 0. The Morgan fingerprint density at radius 1 is 1.00 bits per heavy atom. The van der Waals surface area contributed by atoms with Gasteiger partial charge in [-0.3, -0.25) is 4.79 Å². The lowest BCUT2D eigenvalue weighted by atomic mass is 9.98. The fourth-order valence-electron chi connectivity index (χ4n) is 3.85. The van der Waals surface area contributed by atoms with Crippen LogP contribution >= 0.6 is 0 Å². The molecule has 1 aliphatic carbocycles. The Morgan fingerprint density at radius 2 is 1.59 bits per heavy atom. The summed E-state index contributed by atoms with van der Waals surface area (Å²) in [7, 11) is 0. The van der Waals surface area contributed by atoms with E-state index in [0.717, 1.165) is 19.3 Å². The molecule has 2 aromatic rings. The van der Waals surface area contributed by atoms with Gasteiger partial charge < -0.3 is 4.74 Å². The first-order valence-electron chi connectivity index (χ1n) is 10.0. The normalized spacial score (nSPS) is 13.6. The Kier molecular flexibility index (Phi) is 6.49. The Bertz CT molecular complexity index is 769. The number of ether oxygens (including phenoxy) is 1. The second kappa shape index (κ2) is 9.03. The zero-order chi connectivity index (χ0) is 19.2. The lowest BCUT2D eigenvalue weighted by Crippen LogP contribution is -2.13. The summed E-state index contributed by atoms with van der Waals surface area (Å²) < 4.78 is 5.68. The van der Waals surface area contributed by atoms with Crippen molar-refractivity contribution in [1.82, 2.24) is 0 Å². The number of rotatable bonds is 8. The highest BCUT2D eigenvalue weighted by Gasteiger charge is 2.28. The van der Waals surface area contributed by atoms with Crippen molar-refractivity contribution in [2.75, 3.05) is 6.61 Å². The smallest absolute Gasteiger partial charge is 0.305 e. The number of esters is 1. The molecule has 2 nitrogen and oxygen atoms in total. The summed E-state index contributed by atoms with van der Waals surface area (Å²) >= 11 is 0. The Labute approximate surface area is 163 Å². The predicted molar refractivity (Wildman–Crippen MR) is 112 cm³/mol. The molecule has 27 heavy (non-hydrogen) atoms. The highest BCUT2D eigenvalue weighted by atomic mass is 16.5. The van der Waals surface area contributed by atoms with Crippen LogP contribution in [0, 0.1) is 5.92 Å². The second-order valence-electron chi connectivity index (χ2n) is 7.91. The van der Waals surface area contributed by atoms with E-state index < -0.39 is 0 Å². The lowest BCUT2D eigenvalue weighted by molar-refractivity contribution is -0.144. The van der Waals surface area contributed by atoms with Crippen molar-refractivity contribution in [3.8, 4) is 11.1 Å². The Balaban J connectivity index is 1.53. The third-order valence-corrected chi connectivity index (χ3v) is 5.43. The average molecular weight is 363 g/mol. The van der Waals surface area contributed by atoms with Gasteiger partial charge in [0.15, 0.2) is 0 Å². The first-order chi connectivity index (χ1) is 13.1. The molecule has 0 radical (unpaired) electrons. The molecule has 0 bridgehead atoms. The van der Waals surface area contributed by atoms with Gasteiger partial charge in [0.1, 0.15) is 6.61 Å². The molecule has 0 heterocycles. The molecule has 3 rings (SSSR count). The molecule has 0 saturated heterocycles. The fourth-order valence-corrected chi connectivity index (χ4v) is 3.85. The molecule has 0 aromatic heterocycles. The molecule has 2 heteroatoms. The van der Waals surface area contributed by atoms with Gasteiger partial charge in [0.25, 0.3) is 0 Å². The minimum atomic E-state index is -0.0778. The third-order valence-electron chi connectivity index (χ3n) is 5.43. The molecule has 0 spiro atoms. The van der Waals surface area contributed by atoms with Crippen LogP contribution in [-0.4, -0.2) is 12.6 Å². The SMILES string of the molecule is CC(C)=CCC[C@@H](C)CCC(=O)OCC1c2ccccc2-c2ccccc21. The summed E-state index contributed by atoms with van der Waals surface area (Å²) in [6, 6.07) is 16.9. The largest absolute Gasteiger partial charge is 0.465 e. The van der Waals surface area contributed by atoms with Crippen LogP contribution in [0.4, 0.5) is 0 Å². The summed E-state index contributed by atoms with van der Waals surface area (Å²) in [5.74, 6) is 0.614. The molecule has 0 N–H and O–H groups in total. The number of carbonyl (C=O) groups excluding carboxylic acids is 1. The minimum absolute atomic E-state index is 0.0778. The lowest BCUT2D eigenvalue weighted by Gasteiger charge is -2.15. The van der Waals surface area contributed by atoms with Gasteiger partial charge in [-0.1, -0.05) is 67.1 Å². The van der Waals surface area contributed by atoms with Gasteiger partial charge >= 0.3 is 5.97 Å². The van der Waals surface area contributed by atoms with Gasteiger partial charge in [0.05, 0.1) is 0 Å². The van der Waals surface area contributed by atoms with Crippen LogP contribution in [0.15, 0.2) is 60.2 Å². The van der Waals surface area contributed by atoms with E-state index in [1.807, 2.05) is 0 Å². The maximum Gasteiger partial charge on any atom is 0.305 e. The van der Waals surface area contributed by atoms with Crippen LogP contribution in [0.25, 0.3) is 11.1 Å². The molecule has 2 aromatic carbocycles. The number of hydrogen-bond acceptors (Lipinski definition) is 2. The molecular weight excluding hydrogens is 332 g/mol. The van der Waals surface area contributed by atoms with E-state index in [2.05, 4.69) is 75.4 Å². The highest BCUT2D eigenvalue weighted by molar-refractivity contribution is 5.79. The topological polar surface area (TPSA) is 26.3 Å². The fraction of sp³-hybridized carbons (Fsp3) is 0.400. The number of allylic oxidation sites excluding steroid dienone is 2. The van der Waals surface area contributed by atoms with Gasteiger partial charge in [-0.25, -0.2) is 0 Å². The number of carbonyl (C=O) groups is 1. The van der Waals surface area contributed by atoms with Crippen LogP contribution < -0.4 is 0 Å². The van der Waals surface area contributed by atoms with Crippen LogP contribution in [0.2, 0.25) is 0 Å². The molecule has 0 unspecified atom stereocenters.